The molecular formula is C31H26NO4+. The molecule has 1 spiro atoms. The largest absolute Gasteiger partial charge is 0.491 e. The monoisotopic (exact) mass is 476 g/mol. The number of ether oxygens (including phenoxy) is 3. The number of carbonyl (C=O) groups is 1. The summed E-state index contributed by atoms with van der Waals surface area (Å²) < 4.78 is 17.7. The first-order valence-electron chi connectivity index (χ1n) is 12.3. The maximum atomic E-state index is 15.2. The van der Waals surface area contributed by atoms with Crippen LogP contribution in [0.2, 0.25) is 0 Å². The predicted octanol–water partition coefficient (Wildman–Crippen LogP) is 6.09. The van der Waals surface area contributed by atoms with Crippen LogP contribution in [0.3, 0.4) is 0 Å². The minimum Gasteiger partial charge on any atom is -0.491 e. The van der Waals surface area contributed by atoms with Crippen LogP contribution in [0, 0.1) is 13.8 Å². The average Bonchev–Trinajstić information content (AvgIpc) is 3.55. The fourth-order valence-corrected chi connectivity index (χ4v) is 6.21. The van der Waals surface area contributed by atoms with Crippen molar-refractivity contribution in [2.24, 2.45) is 0 Å². The lowest BCUT2D eigenvalue weighted by molar-refractivity contribution is -0.131. The van der Waals surface area contributed by atoms with Crippen LogP contribution in [-0.2, 0) is 16.8 Å². The molecule has 0 aromatic heterocycles. The van der Waals surface area contributed by atoms with Crippen LogP contribution >= 0.6 is 0 Å². The summed E-state index contributed by atoms with van der Waals surface area (Å²) in [5.41, 5.74) is 6.24. The van der Waals surface area contributed by atoms with E-state index in [0.29, 0.717) is 23.8 Å². The summed E-state index contributed by atoms with van der Waals surface area (Å²) in [6.45, 7) is 5.10. The molecule has 3 aliphatic heterocycles. The number of aryl methyl sites for hydroxylation is 2. The number of quaternary nitrogens is 1. The SMILES string of the molecule is Cc1cccc(C[N+]2(c3cccc(C)c3)C(=O)C3(COc4cc5c(cc43)OCO5)c3ccccc32)c1. The molecule has 0 N–H and O–H groups in total. The summed E-state index contributed by atoms with van der Waals surface area (Å²) in [6.07, 6.45) is 0. The third-order valence-corrected chi connectivity index (χ3v) is 7.81. The summed E-state index contributed by atoms with van der Waals surface area (Å²) in [5.74, 6) is 2.09. The van der Waals surface area contributed by atoms with Gasteiger partial charge in [-0.05, 0) is 25.5 Å². The van der Waals surface area contributed by atoms with E-state index in [1.165, 1.54) is 5.56 Å². The van der Waals surface area contributed by atoms with E-state index in [2.05, 4.69) is 68.4 Å². The third-order valence-electron chi connectivity index (χ3n) is 7.81. The van der Waals surface area contributed by atoms with E-state index in [0.717, 1.165) is 33.6 Å². The van der Waals surface area contributed by atoms with Crippen LogP contribution in [-0.4, -0.2) is 19.3 Å². The van der Waals surface area contributed by atoms with Crippen molar-refractivity contribution < 1.29 is 19.0 Å². The Bertz CT molecular complexity index is 1560. The lowest BCUT2D eigenvalue weighted by Gasteiger charge is -2.33. The predicted molar refractivity (Wildman–Crippen MR) is 138 cm³/mol. The highest BCUT2D eigenvalue weighted by Gasteiger charge is 2.67. The zero-order valence-corrected chi connectivity index (χ0v) is 20.3. The fourth-order valence-electron chi connectivity index (χ4n) is 6.21. The van der Waals surface area contributed by atoms with Crippen molar-refractivity contribution in [3.63, 3.8) is 0 Å². The molecule has 36 heavy (non-hydrogen) atoms. The summed E-state index contributed by atoms with van der Waals surface area (Å²) in [4.78, 5) is 15.2. The Morgan fingerprint density at radius 1 is 0.750 bits per heavy atom. The maximum absolute atomic E-state index is 15.2. The van der Waals surface area contributed by atoms with Crippen molar-refractivity contribution in [2.45, 2.75) is 25.8 Å². The van der Waals surface area contributed by atoms with E-state index in [1.807, 2.05) is 30.3 Å². The molecule has 2 atom stereocenters. The molecule has 5 heteroatoms. The van der Waals surface area contributed by atoms with Gasteiger partial charge < -0.3 is 14.2 Å². The van der Waals surface area contributed by atoms with Gasteiger partial charge in [0.15, 0.2) is 22.6 Å². The van der Waals surface area contributed by atoms with Crippen LogP contribution in [0.25, 0.3) is 0 Å². The molecule has 4 aromatic carbocycles. The number of nitrogens with zero attached hydrogens (tertiary/aromatic N) is 1. The Labute approximate surface area is 210 Å². The first-order chi connectivity index (χ1) is 17.5. The number of rotatable bonds is 3. The Hall–Kier alpha value is -4.09. The molecule has 0 fully saturated rings. The molecule has 0 aliphatic carbocycles. The molecular weight excluding hydrogens is 450 g/mol. The van der Waals surface area contributed by atoms with Gasteiger partial charge >= 0.3 is 5.91 Å². The third kappa shape index (κ3) is 2.72. The maximum Gasteiger partial charge on any atom is 0.343 e. The van der Waals surface area contributed by atoms with Gasteiger partial charge in [0.05, 0.1) is 0 Å². The zero-order chi connectivity index (χ0) is 24.5. The number of carbonyl (C=O) groups excluding carboxylic acids is 1. The Morgan fingerprint density at radius 2 is 1.50 bits per heavy atom. The van der Waals surface area contributed by atoms with Crippen LogP contribution < -0.4 is 18.7 Å². The van der Waals surface area contributed by atoms with E-state index in [4.69, 9.17) is 14.2 Å². The van der Waals surface area contributed by atoms with Gasteiger partial charge in [0.2, 0.25) is 6.79 Å². The van der Waals surface area contributed by atoms with Crippen molar-refractivity contribution in [1.29, 1.82) is 0 Å². The fraction of sp³-hybridized carbons (Fsp3) is 0.194. The summed E-state index contributed by atoms with van der Waals surface area (Å²) in [5, 5.41) is 0. The standard InChI is InChI=1S/C31H26NO4/c1-20-7-5-9-22(13-20)17-32(23-10-6-8-21(2)14-23)26-12-4-3-11-24(26)31(30(32)33)18-34-27-16-29-28(15-25(27)31)35-19-36-29/h3-16H,17-19H2,1-2H3/q+1. The molecule has 0 saturated heterocycles. The normalized spacial score (nSPS) is 23.0. The van der Waals surface area contributed by atoms with Gasteiger partial charge in [0, 0.05) is 41.0 Å². The molecule has 5 nitrogen and oxygen atoms in total. The summed E-state index contributed by atoms with van der Waals surface area (Å²) >= 11 is 0. The molecule has 0 bridgehead atoms. The van der Waals surface area contributed by atoms with E-state index in [9.17, 15) is 0 Å². The van der Waals surface area contributed by atoms with Gasteiger partial charge in [-0.15, -0.1) is 0 Å². The first-order valence-corrected chi connectivity index (χ1v) is 12.3. The van der Waals surface area contributed by atoms with Crippen molar-refractivity contribution in [3.05, 3.63) is 113 Å². The number of benzene rings is 4. The van der Waals surface area contributed by atoms with E-state index >= 15 is 4.79 Å². The summed E-state index contributed by atoms with van der Waals surface area (Å²) in [7, 11) is 0. The van der Waals surface area contributed by atoms with Crippen LogP contribution in [0.4, 0.5) is 11.4 Å². The van der Waals surface area contributed by atoms with E-state index in [1.54, 1.807) is 0 Å². The van der Waals surface area contributed by atoms with Crippen LogP contribution in [0.5, 0.6) is 17.2 Å². The molecule has 4 aromatic rings. The molecule has 1 amide bonds. The van der Waals surface area contributed by atoms with Gasteiger partial charge in [-0.1, -0.05) is 60.2 Å². The average molecular weight is 477 g/mol. The number of para-hydroxylation sites is 1. The molecule has 178 valence electrons. The second kappa shape index (κ2) is 7.45. The quantitative estimate of drug-likeness (QED) is 0.336. The topological polar surface area (TPSA) is 44.8 Å². The molecule has 7 rings (SSSR count). The highest BCUT2D eigenvalue weighted by atomic mass is 16.7. The first kappa shape index (κ1) is 21.2. The Morgan fingerprint density at radius 3 is 2.31 bits per heavy atom. The highest BCUT2D eigenvalue weighted by Crippen LogP contribution is 2.60. The van der Waals surface area contributed by atoms with Gasteiger partial charge in [0.25, 0.3) is 0 Å². The molecule has 0 radical (unpaired) electrons. The van der Waals surface area contributed by atoms with Crippen molar-refractivity contribution in [1.82, 2.24) is 4.48 Å². The van der Waals surface area contributed by atoms with Crippen molar-refractivity contribution in [2.75, 3.05) is 13.4 Å². The summed E-state index contributed by atoms with van der Waals surface area (Å²) in [6, 6.07) is 28.8. The van der Waals surface area contributed by atoms with E-state index in [-0.39, 0.29) is 23.8 Å². The smallest absolute Gasteiger partial charge is 0.343 e. The highest BCUT2D eigenvalue weighted by molar-refractivity contribution is 6.11. The second-order valence-corrected chi connectivity index (χ2v) is 10.0. The van der Waals surface area contributed by atoms with Crippen LogP contribution in [0.15, 0.2) is 84.9 Å². The molecule has 3 aliphatic rings. The van der Waals surface area contributed by atoms with E-state index < -0.39 is 5.41 Å². The molecule has 0 saturated carbocycles. The van der Waals surface area contributed by atoms with Gasteiger partial charge in [-0.25, -0.2) is 4.79 Å². The number of hydrogen-bond donors (Lipinski definition) is 0. The van der Waals surface area contributed by atoms with Gasteiger partial charge in [0.1, 0.15) is 24.6 Å². The number of amides is 1. The molecule has 2 unspecified atom stereocenters. The van der Waals surface area contributed by atoms with Gasteiger partial charge in [-0.2, -0.15) is 4.48 Å². The van der Waals surface area contributed by atoms with Gasteiger partial charge in [-0.3, -0.25) is 0 Å². The molecule has 3 heterocycles. The minimum absolute atomic E-state index is 0.0911. The van der Waals surface area contributed by atoms with Crippen LogP contribution in [0.1, 0.15) is 27.8 Å². The minimum atomic E-state index is -0.944. The van der Waals surface area contributed by atoms with Crippen molar-refractivity contribution >= 4 is 17.3 Å². The number of fused-ring (bicyclic) bond motifs is 5. The number of hydrogen-bond acceptors (Lipinski definition) is 4. The Kier molecular flexibility index (Phi) is 4.39. The lowest BCUT2D eigenvalue weighted by atomic mass is 9.77. The second-order valence-electron chi connectivity index (χ2n) is 10.0. The van der Waals surface area contributed by atoms with Crippen molar-refractivity contribution in [3.8, 4) is 17.2 Å². The Balaban J connectivity index is 1.52. The lowest BCUT2D eigenvalue weighted by Crippen LogP contribution is -2.53. The zero-order valence-electron chi connectivity index (χ0n) is 20.3.